The van der Waals surface area contributed by atoms with Gasteiger partial charge in [-0.1, -0.05) is 0 Å². The average Bonchev–Trinajstić information content (AvgIpc) is 2.12. The number of methoxy groups -OCH3 is 1. The summed E-state index contributed by atoms with van der Waals surface area (Å²) in [5.41, 5.74) is -0.751. The van der Waals surface area contributed by atoms with E-state index in [4.69, 9.17) is 4.74 Å². The summed E-state index contributed by atoms with van der Waals surface area (Å²) in [6.45, 7) is 5.91. The van der Waals surface area contributed by atoms with Gasteiger partial charge in [0.1, 0.15) is 5.54 Å². The summed E-state index contributed by atoms with van der Waals surface area (Å²) < 4.78 is 10.0. The van der Waals surface area contributed by atoms with Gasteiger partial charge in [-0.2, -0.15) is 0 Å². The Kier molecular flexibility index (Phi) is 4.95. The van der Waals surface area contributed by atoms with E-state index >= 15 is 0 Å². The third kappa shape index (κ3) is 3.74. The number of carbonyl (C=O) groups excluding carboxylic acids is 1. The SMILES string of the molecule is CNC(C)(COC(C)C)C(=O)OC. The van der Waals surface area contributed by atoms with E-state index in [0.29, 0.717) is 6.61 Å². The molecule has 0 saturated heterocycles. The molecular formula is C9H19NO3. The molecule has 1 unspecified atom stereocenters. The Labute approximate surface area is 79.6 Å². The van der Waals surface area contributed by atoms with Crippen molar-refractivity contribution in [3.05, 3.63) is 0 Å². The average molecular weight is 189 g/mol. The molecule has 0 aliphatic carbocycles. The van der Waals surface area contributed by atoms with Gasteiger partial charge in [-0.05, 0) is 27.8 Å². The Bertz CT molecular complexity index is 170. The third-order valence-corrected chi connectivity index (χ3v) is 1.89. The van der Waals surface area contributed by atoms with Crippen molar-refractivity contribution in [2.75, 3.05) is 20.8 Å². The maximum atomic E-state index is 11.3. The Morgan fingerprint density at radius 2 is 2.08 bits per heavy atom. The third-order valence-electron chi connectivity index (χ3n) is 1.89. The van der Waals surface area contributed by atoms with Crippen molar-refractivity contribution in [1.82, 2.24) is 5.32 Å². The van der Waals surface area contributed by atoms with Crippen molar-refractivity contribution in [3.63, 3.8) is 0 Å². The van der Waals surface area contributed by atoms with Crippen LogP contribution in [0.5, 0.6) is 0 Å². The van der Waals surface area contributed by atoms with Crippen LogP contribution in [0, 0.1) is 0 Å². The van der Waals surface area contributed by atoms with Gasteiger partial charge >= 0.3 is 5.97 Å². The topological polar surface area (TPSA) is 47.6 Å². The van der Waals surface area contributed by atoms with Crippen LogP contribution in [0.3, 0.4) is 0 Å². The maximum Gasteiger partial charge on any atom is 0.328 e. The van der Waals surface area contributed by atoms with Crippen molar-refractivity contribution >= 4 is 5.97 Å². The number of carbonyl (C=O) groups is 1. The first kappa shape index (κ1) is 12.4. The van der Waals surface area contributed by atoms with E-state index in [1.807, 2.05) is 13.8 Å². The zero-order valence-corrected chi connectivity index (χ0v) is 9.01. The fraction of sp³-hybridized carbons (Fsp3) is 0.889. The van der Waals surface area contributed by atoms with Gasteiger partial charge in [0.05, 0.1) is 19.8 Å². The Morgan fingerprint density at radius 3 is 2.38 bits per heavy atom. The second kappa shape index (κ2) is 5.19. The molecule has 0 fully saturated rings. The number of nitrogens with one attached hydrogen (secondary N) is 1. The molecule has 4 heteroatoms. The van der Waals surface area contributed by atoms with Crippen LogP contribution in [-0.4, -0.2) is 38.4 Å². The zero-order valence-electron chi connectivity index (χ0n) is 9.01. The van der Waals surface area contributed by atoms with Crippen molar-refractivity contribution in [2.45, 2.75) is 32.4 Å². The number of hydrogen-bond donors (Lipinski definition) is 1. The Hall–Kier alpha value is -0.610. The molecule has 0 radical (unpaired) electrons. The largest absolute Gasteiger partial charge is 0.468 e. The molecule has 0 saturated carbocycles. The van der Waals surface area contributed by atoms with Crippen LogP contribution in [0.2, 0.25) is 0 Å². The van der Waals surface area contributed by atoms with Crippen molar-refractivity contribution in [1.29, 1.82) is 0 Å². The Morgan fingerprint density at radius 1 is 1.54 bits per heavy atom. The zero-order chi connectivity index (χ0) is 10.5. The molecule has 0 spiro atoms. The fourth-order valence-corrected chi connectivity index (χ4v) is 0.792. The summed E-state index contributed by atoms with van der Waals surface area (Å²) in [6.07, 6.45) is 0.109. The van der Waals surface area contributed by atoms with Gasteiger partial charge in [-0.15, -0.1) is 0 Å². The highest BCUT2D eigenvalue weighted by Gasteiger charge is 2.33. The molecule has 0 aromatic carbocycles. The predicted octanol–water partition coefficient (Wildman–Crippen LogP) is 0.562. The van der Waals surface area contributed by atoms with E-state index < -0.39 is 5.54 Å². The maximum absolute atomic E-state index is 11.3. The second-order valence-corrected chi connectivity index (χ2v) is 3.43. The molecule has 0 bridgehead atoms. The lowest BCUT2D eigenvalue weighted by Crippen LogP contribution is -2.52. The molecule has 0 aliphatic heterocycles. The first-order valence-electron chi connectivity index (χ1n) is 4.35. The van der Waals surface area contributed by atoms with Gasteiger partial charge in [0, 0.05) is 0 Å². The van der Waals surface area contributed by atoms with Gasteiger partial charge in [0.15, 0.2) is 0 Å². The predicted molar refractivity (Wildman–Crippen MR) is 50.6 cm³/mol. The summed E-state index contributed by atoms with van der Waals surface area (Å²) in [5, 5.41) is 2.88. The van der Waals surface area contributed by atoms with E-state index in [0.717, 1.165) is 0 Å². The van der Waals surface area contributed by atoms with Gasteiger partial charge < -0.3 is 14.8 Å². The lowest BCUT2D eigenvalue weighted by molar-refractivity contribution is -0.151. The second-order valence-electron chi connectivity index (χ2n) is 3.43. The van der Waals surface area contributed by atoms with Crippen molar-refractivity contribution < 1.29 is 14.3 Å². The smallest absolute Gasteiger partial charge is 0.328 e. The monoisotopic (exact) mass is 189 g/mol. The van der Waals surface area contributed by atoms with Gasteiger partial charge in [0.25, 0.3) is 0 Å². The van der Waals surface area contributed by atoms with E-state index in [1.165, 1.54) is 7.11 Å². The minimum absolute atomic E-state index is 0.109. The molecule has 1 N–H and O–H groups in total. The number of hydrogen-bond acceptors (Lipinski definition) is 4. The molecule has 1 atom stereocenters. The highest BCUT2D eigenvalue weighted by molar-refractivity contribution is 5.80. The number of rotatable bonds is 5. The Balaban J connectivity index is 4.19. The summed E-state index contributed by atoms with van der Waals surface area (Å²) in [4.78, 5) is 11.3. The molecular weight excluding hydrogens is 170 g/mol. The van der Waals surface area contributed by atoms with Crippen LogP contribution < -0.4 is 5.32 Å². The molecule has 0 amide bonds. The van der Waals surface area contributed by atoms with Gasteiger partial charge in [-0.3, -0.25) is 0 Å². The lowest BCUT2D eigenvalue weighted by Gasteiger charge is -2.26. The molecule has 78 valence electrons. The molecule has 0 heterocycles. The van der Waals surface area contributed by atoms with Crippen LogP contribution in [0.15, 0.2) is 0 Å². The molecule has 13 heavy (non-hydrogen) atoms. The fourth-order valence-electron chi connectivity index (χ4n) is 0.792. The quantitative estimate of drug-likeness (QED) is 0.642. The minimum Gasteiger partial charge on any atom is -0.468 e. The van der Waals surface area contributed by atoms with Crippen LogP contribution in [0.4, 0.5) is 0 Å². The molecule has 4 nitrogen and oxygen atoms in total. The molecule has 0 aromatic heterocycles. The number of ether oxygens (including phenoxy) is 2. The van der Waals surface area contributed by atoms with E-state index in [2.05, 4.69) is 10.1 Å². The van der Waals surface area contributed by atoms with Crippen LogP contribution in [0.25, 0.3) is 0 Å². The number of esters is 1. The highest BCUT2D eigenvalue weighted by atomic mass is 16.5. The summed E-state index contributed by atoms with van der Waals surface area (Å²) in [6, 6.07) is 0. The van der Waals surface area contributed by atoms with Crippen LogP contribution >= 0.6 is 0 Å². The standard InChI is InChI=1S/C9H19NO3/c1-7(2)13-6-9(3,10-4)8(11)12-5/h7,10H,6H2,1-5H3. The summed E-state index contributed by atoms with van der Waals surface area (Å²) >= 11 is 0. The van der Waals surface area contributed by atoms with E-state index in [9.17, 15) is 4.79 Å². The van der Waals surface area contributed by atoms with Crippen molar-refractivity contribution in [3.8, 4) is 0 Å². The summed E-state index contributed by atoms with van der Waals surface area (Å²) in [7, 11) is 3.08. The molecule has 0 aromatic rings. The van der Waals surface area contributed by atoms with Gasteiger partial charge in [0.2, 0.25) is 0 Å². The van der Waals surface area contributed by atoms with E-state index in [1.54, 1.807) is 14.0 Å². The number of likely N-dealkylation sites (N-methyl/N-ethyl adjacent to an activating group) is 1. The van der Waals surface area contributed by atoms with Crippen molar-refractivity contribution in [2.24, 2.45) is 0 Å². The van der Waals surface area contributed by atoms with Crippen LogP contribution in [-0.2, 0) is 14.3 Å². The van der Waals surface area contributed by atoms with E-state index in [-0.39, 0.29) is 12.1 Å². The minimum atomic E-state index is -0.751. The normalized spacial score (nSPS) is 15.5. The highest BCUT2D eigenvalue weighted by Crippen LogP contribution is 2.07. The molecule has 0 rings (SSSR count). The first-order chi connectivity index (χ1) is 5.96. The summed E-state index contributed by atoms with van der Waals surface area (Å²) in [5.74, 6) is -0.310. The van der Waals surface area contributed by atoms with Gasteiger partial charge in [-0.25, -0.2) is 4.79 Å². The molecule has 0 aliphatic rings. The first-order valence-corrected chi connectivity index (χ1v) is 4.35. The van der Waals surface area contributed by atoms with Crippen LogP contribution in [0.1, 0.15) is 20.8 Å². The lowest BCUT2D eigenvalue weighted by atomic mass is 10.1.